The van der Waals surface area contributed by atoms with Gasteiger partial charge in [-0.2, -0.15) is 18.4 Å². The Hall–Kier alpha value is -3.98. The van der Waals surface area contributed by atoms with E-state index in [2.05, 4.69) is 10.3 Å². The van der Waals surface area contributed by atoms with E-state index in [9.17, 15) is 32.0 Å². The number of carbonyl (C=O) groups excluding carboxylic acids is 1. The summed E-state index contributed by atoms with van der Waals surface area (Å²) >= 11 is 0. The Balaban J connectivity index is 1.41. The zero-order chi connectivity index (χ0) is 30.3. The SMILES string of the molecule is CN1CC(F)(F)C[C@@H]1CNC(=O)C1(c2ccc(-c3cccn3C)nc2)CCN(c2ccc(C(F)(F)F)cc2C#N)CC1. The van der Waals surface area contributed by atoms with Gasteiger partial charge >= 0.3 is 6.18 Å². The lowest BCUT2D eigenvalue weighted by Crippen LogP contribution is -2.53. The summed E-state index contributed by atoms with van der Waals surface area (Å²) in [4.78, 5) is 21.9. The first kappa shape index (κ1) is 29.5. The molecule has 2 aromatic heterocycles. The number of pyridine rings is 1. The van der Waals surface area contributed by atoms with Crippen molar-refractivity contribution in [1.29, 1.82) is 5.26 Å². The molecule has 0 saturated carbocycles. The Kier molecular flexibility index (Phi) is 7.74. The van der Waals surface area contributed by atoms with Gasteiger partial charge in [0.2, 0.25) is 5.91 Å². The second kappa shape index (κ2) is 11.0. The summed E-state index contributed by atoms with van der Waals surface area (Å²) < 4.78 is 69.5. The molecule has 0 unspecified atom stereocenters. The number of likely N-dealkylation sites (N-methyl/N-ethyl adjacent to an activating group) is 1. The van der Waals surface area contributed by atoms with E-state index in [-0.39, 0.29) is 56.9 Å². The van der Waals surface area contributed by atoms with Crippen molar-refractivity contribution in [2.75, 3.05) is 38.1 Å². The summed E-state index contributed by atoms with van der Waals surface area (Å²) in [5.41, 5.74) is 0.598. The quantitative estimate of drug-likeness (QED) is 0.413. The van der Waals surface area contributed by atoms with E-state index in [1.807, 2.05) is 48.1 Å². The zero-order valence-electron chi connectivity index (χ0n) is 23.3. The number of rotatable bonds is 6. The highest BCUT2D eigenvalue weighted by molar-refractivity contribution is 5.89. The summed E-state index contributed by atoms with van der Waals surface area (Å²) in [5, 5.41) is 12.5. The number of nitrogens with zero attached hydrogens (tertiary/aromatic N) is 5. The van der Waals surface area contributed by atoms with Crippen LogP contribution in [0.3, 0.4) is 0 Å². The van der Waals surface area contributed by atoms with Crippen LogP contribution >= 0.6 is 0 Å². The number of hydrogen-bond donors (Lipinski definition) is 1. The smallest absolute Gasteiger partial charge is 0.370 e. The molecule has 0 bridgehead atoms. The highest BCUT2D eigenvalue weighted by Gasteiger charge is 2.46. The standard InChI is InChI=1S/C30H31F5N6O/c1-39-11-3-4-26(39)24-7-5-22(17-37-24)28(27(42)38-18-23-15-29(31,32)19-40(23)2)9-12-41(13-10-28)25-8-6-21(30(33,34)35)14-20(25)16-36/h3-8,11,14,17,23H,9-10,12-13,15,18-19H2,1-2H3,(H,38,42)/t23-/m1/s1. The first-order valence-electron chi connectivity index (χ1n) is 13.6. The Morgan fingerprint density at radius 3 is 2.43 bits per heavy atom. The molecule has 2 saturated heterocycles. The average Bonchev–Trinajstić information content (AvgIpc) is 3.51. The van der Waals surface area contributed by atoms with Crippen LogP contribution in [0.15, 0.2) is 54.9 Å². The van der Waals surface area contributed by atoms with Gasteiger partial charge in [-0.3, -0.25) is 14.7 Å². The summed E-state index contributed by atoms with van der Waals surface area (Å²) in [7, 11) is 3.50. The minimum Gasteiger partial charge on any atom is -0.370 e. The van der Waals surface area contributed by atoms with Crippen LogP contribution in [0.2, 0.25) is 0 Å². The molecular weight excluding hydrogens is 555 g/mol. The molecule has 2 aliphatic rings. The topological polar surface area (TPSA) is 77.2 Å². The molecule has 1 aromatic carbocycles. The van der Waals surface area contributed by atoms with Crippen molar-refractivity contribution < 1.29 is 26.7 Å². The van der Waals surface area contributed by atoms with Crippen molar-refractivity contribution in [2.45, 2.75) is 42.8 Å². The number of aromatic nitrogens is 2. The van der Waals surface area contributed by atoms with Crippen molar-refractivity contribution in [3.05, 3.63) is 71.5 Å². The third-order valence-corrected chi connectivity index (χ3v) is 8.50. The fourth-order valence-corrected chi connectivity index (χ4v) is 6.08. The van der Waals surface area contributed by atoms with Crippen molar-refractivity contribution in [3.8, 4) is 17.5 Å². The van der Waals surface area contributed by atoms with Crippen molar-refractivity contribution in [2.24, 2.45) is 7.05 Å². The Labute approximate surface area is 240 Å². The molecule has 5 rings (SSSR count). The molecule has 1 amide bonds. The molecular formula is C30H31F5N6O. The highest BCUT2D eigenvalue weighted by atomic mass is 19.4. The molecule has 3 aromatic rings. The van der Waals surface area contributed by atoms with Gasteiger partial charge < -0.3 is 14.8 Å². The highest BCUT2D eigenvalue weighted by Crippen LogP contribution is 2.40. The van der Waals surface area contributed by atoms with Gasteiger partial charge in [-0.25, -0.2) is 8.78 Å². The van der Waals surface area contributed by atoms with Crippen LogP contribution in [0.4, 0.5) is 27.6 Å². The summed E-state index contributed by atoms with van der Waals surface area (Å²) in [6, 6.07) is 11.9. The summed E-state index contributed by atoms with van der Waals surface area (Å²) in [5.74, 6) is -3.13. The molecule has 2 fully saturated rings. The minimum atomic E-state index is -4.57. The lowest BCUT2D eigenvalue weighted by molar-refractivity contribution is -0.137. The monoisotopic (exact) mass is 586 g/mol. The van der Waals surface area contributed by atoms with Crippen LogP contribution in [0, 0.1) is 11.3 Å². The van der Waals surface area contributed by atoms with E-state index < -0.39 is 29.1 Å². The predicted molar refractivity (Wildman–Crippen MR) is 147 cm³/mol. The second-order valence-electron chi connectivity index (χ2n) is 11.2. The van der Waals surface area contributed by atoms with E-state index in [4.69, 9.17) is 0 Å². The number of hydrogen-bond acceptors (Lipinski definition) is 5. The van der Waals surface area contributed by atoms with Crippen LogP contribution < -0.4 is 10.2 Å². The molecule has 1 N–H and O–H groups in total. The molecule has 7 nitrogen and oxygen atoms in total. The van der Waals surface area contributed by atoms with E-state index in [0.717, 1.165) is 23.5 Å². The van der Waals surface area contributed by atoms with Crippen LogP contribution in [-0.2, 0) is 23.4 Å². The van der Waals surface area contributed by atoms with E-state index in [0.29, 0.717) is 11.3 Å². The molecule has 222 valence electrons. The number of nitriles is 1. The molecule has 0 aliphatic carbocycles. The molecule has 4 heterocycles. The zero-order valence-corrected chi connectivity index (χ0v) is 23.3. The molecule has 0 radical (unpaired) electrons. The van der Waals surface area contributed by atoms with Crippen LogP contribution in [0.25, 0.3) is 11.4 Å². The predicted octanol–water partition coefficient (Wildman–Crippen LogP) is 4.97. The molecule has 2 aliphatic heterocycles. The Morgan fingerprint density at radius 1 is 1.14 bits per heavy atom. The maximum atomic E-state index is 13.9. The first-order valence-corrected chi connectivity index (χ1v) is 13.6. The maximum absolute atomic E-state index is 13.9. The van der Waals surface area contributed by atoms with Crippen LogP contribution in [0.5, 0.6) is 0 Å². The normalized spacial score (nSPS) is 20.3. The lowest BCUT2D eigenvalue weighted by atomic mass is 9.72. The van der Waals surface area contributed by atoms with Crippen molar-refractivity contribution >= 4 is 11.6 Å². The minimum absolute atomic E-state index is 0.0583. The number of nitrogens with one attached hydrogen (secondary N) is 1. The van der Waals surface area contributed by atoms with Gasteiger partial charge in [0.1, 0.15) is 6.07 Å². The number of halogens is 5. The number of piperidine rings is 1. The fraction of sp³-hybridized carbons (Fsp3) is 0.433. The number of carbonyl (C=O) groups is 1. The molecule has 12 heteroatoms. The van der Waals surface area contributed by atoms with Gasteiger partial charge in [0, 0.05) is 51.5 Å². The average molecular weight is 587 g/mol. The van der Waals surface area contributed by atoms with E-state index in [1.165, 1.54) is 6.07 Å². The number of alkyl halides is 5. The number of anilines is 1. The number of benzene rings is 1. The fourth-order valence-electron chi connectivity index (χ4n) is 6.08. The molecule has 42 heavy (non-hydrogen) atoms. The third kappa shape index (κ3) is 5.70. The number of aryl methyl sites for hydroxylation is 1. The first-order chi connectivity index (χ1) is 19.8. The Bertz CT molecular complexity index is 1490. The number of likely N-dealkylation sites (tertiary alicyclic amines) is 1. The molecule has 0 spiro atoms. The lowest BCUT2D eigenvalue weighted by Gasteiger charge is -2.42. The Morgan fingerprint density at radius 2 is 1.88 bits per heavy atom. The molecule has 1 atom stereocenters. The van der Waals surface area contributed by atoms with Crippen LogP contribution in [-0.4, -0.2) is 65.5 Å². The summed E-state index contributed by atoms with van der Waals surface area (Å²) in [6.07, 6.45) is -0.793. The van der Waals surface area contributed by atoms with Gasteiger partial charge in [-0.1, -0.05) is 6.07 Å². The maximum Gasteiger partial charge on any atom is 0.416 e. The third-order valence-electron chi connectivity index (χ3n) is 8.50. The van der Waals surface area contributed by atoms with Crippen LogP contribution in [0.1, 0.15) is 36.0 Å². The summed E-state index contributed by atoms with van der Waals surface area (Å²) in [6.45, 7) is 0.262. The van der Waals surface area contributed by atoms with Gasteiger partial charge in [0.05, 0.1) is 40.2 Å². The van der Waals surface area contributed by atoms with Gasteiger partial charge in [-0.05, 0) is 61.9 Å². The number of amides is 1. The van der Waals surface area contributed by atoms with Gasteiger partial charge in [0.25, 0.3) is 5.92 Å². The van der Waals surface area contributed by atoms with Crippen molar-refractivity contribution in [3.63, 3.8) is 0 Å². The second-order valence-corrected chi connectivity index (χ2v) is 11.2. The van der Waals surface area contributed by atoms with Gasteiger partial charge in [-0.15, -0.1) is 0 Å². The van der Waals surface area contributed by atoms with E-state index in [1.54, 1.807) is 23.0 Å². The van der Waals surface area contributed by atoms with E-state index >= 15 is 0 Å². The largest absolute Gasteiger partial charge is 0.416 e. The van der Waals surface area contributed by atoms with Gasteiger partial charge in [0.15, 0.2) is 0 Å². The van der Waals surface area contributed by atoms with Crippen molar-refractivity contribution in [1.82, 2.24) is 19.8 Å².